The summed E-state index contributed by atoms with van der Waals surface area (Å²) in [5, 5.41) is 0. The summed E-state index contributed by atoms with van der Waals surface area (Å²) in [7, 11) is 0. The van der Waals surface area contributed by atoms with Crippen molar-refractivity contribution < 1.29 is 9.53 Å². The molecule has 5 aromatic rings. The first kappa shape index (κ1) is 29.2. The van der Waals surface area contributed by atoms with Crippen molar-refractivity contribution in [2.75, 3.05) is 19.6 Å². The van der Waals surface area contributed by atoms with Gasteiger partial charge in [0.15, 0.2) is 0 Å². The van der Waals surface area contributed by atoms with Crippen LogP contribution in [0.3, 0.4) is 0 Å². The number of fused-ring (bicyclic) bond motifs is 1. The first-order valence-corrected chi connectivity index (χ1v) is 15.2. The number of esters is 1. The van der Waals surface area contributed by atoms with Crippen LogP contribution in [-0.4, -0.2) is 50.0 Å². The average molecular weight is 584 g/mol. The van der Waals surface area contributed by atoms with E-state index in [9.17, 15) is 4.79 Å². The predicted octanol–water partition coefficient (Wildman–Crippen LogP) is 6.78. The minimum atomic E-state index is -0.404. The highest BCUT2D eigenvalue weighted by molar-refractivity contribution is 5.87. The number of aromatic nitrogens is 4. The zero-order chi connectivity index (χ0) is 30.3. The van der Waals surface area contributed by atoms with E-state index in [-0.39, 0.29) is 6.61 Å². The van der Waals surface area contributed by atoms with Gasteiger partial charge in [-0.15, -0.1) is 0 Å². The summed E-state index contributed by atoms with van der Waals surface area (Å²) in [6, 6.07) is 24.6. The van der Waals surface area contributed by atoms with E-state index in [1.165, 1.54) is 24.5 Å². The summed E-state index contributed by atoms with van der Waals surface area (Å²) in [5.41, 5.74) is 9.09. The number of pyridine rings is 2. The summed E-state index contributed by atoms with van der Waals surface area (Å²) in [5.74, 6) is 0.543. The topological polar surface area (TPSA) is 73.1 Å². The second-order valence-corrected chi connectivity index (χ2v) is 11.3. The number of aryl methyl sites for hydroxylation is 2. The Morgan fingerprint density at radius 3 is 2.48 bits per heavy atom. The van der Waals surface area contributed by atoms with Crippen molar-refractivity contribution >= 4 is 28.7 Å². The minimum Gasteiger partial charge on any atom is -0.458 e. The van der Waals surface area contributed by atoms with Crippen LogP contribution in [0, 0.1) is 13.8 Å². The average Bonchev–Trinajstić information content (AvgIpc) is 3.68. The molecule has 0 radical (unpaired) electrons. The van der Waals surface area contributed by atoms with Gasteiger partial charge < -0.3 is 9.30 Å². The molecule has 3 aromatic heterocycles. The first-order valence-electron chi connectivity index (χ1n) is 15.2. The number of imidazole rings is 1. The number of hydrogen-bond acceptors (Lipinski definition) is 6. The Hall–Kier alpha value is -4.88. The molecule has 0 saturated carbocycles. The maximum absolute atomic E-state index is 12.6. The smallest absolute Gasteiger partial charge is 0.331 e. The number of ether oxygens (including phenoxy) is 1. The van der Waals surface area contributed by atoms with Gasteiger partial charge in [-0.05, 0) is 80.7 Å². The van der Waals surface area contributed by atoms with Gasteiger partial charge in [-0.3, -0.25) is 9.88 Å². The highest BCUT2D eigenvalue weighted by Gasteiger charge is 2.13. The monoisotopic (exact) mass is 583 g/mol. The van der Waals surface area contributed by atoms with Crippen molar-refractivity contribution in [1.29, 1.82) is 0 Å². The van der Waals surface area contributed by atoms with E-state index in [4.69, 9.17) is 9.72 Å². The molecule has 2 aromatic carbocycles. The molecule has 7 nitrogen and oxygen atoms in total. The molecule has 6 rings (SSSR count). The van der Waals surface area contributed by atoms with Crippen LogP contribution >= 0.6 is 0 Å². The van der Waals surface area contributed by atoms with Crippen LogP contribution in [0.4, 0.5) is 0 Å². The van der Waals surface area contributed by atoms with Gasteiger partial charge in [-0.1, -0.05) is 66.2 Å². The Balaban J connectivity index is 1.08. The van der Waals surface area contributed by atoms with Gasteiger partial charge in [0.05, 0.1) is 23.1 Å². The normalized spacial score (nSPS) is 14.1. The standard InChI is InChI=1S/C37H37N5O2/c1-27-8-14-31(15-9-27)33(19-23-41-21-3-4-22-41)34-7-5-6-32(40-34)16-17-37(43)44-26-30-12-10-29(11-13-30)25-42-28(2)39-35-24-38-20-18-36(35)42/h5-20,24H,3-4,21-23,25-26H2,1-2H3/b17-16+,33-19+. The number of nitrogens with zero attached hydrogens (tertiary/aromatic N) is 5. The van der Waals surface area contributed by atoms with E-state index in [0.717, 1.165) is 64.4 Å². The van der Waals surface area contributed by atoms with E-state index >= 15 is 0 Å². The quantitative estimate of drug-likeness (QED) is 0.133. The lowest BCUT2D eigenvalue weighted by atomic mass is 10.00. The summed E-state index contributed by atoms with van der Waals surface area (Å²) in [4.78, 5) is 28.7. The van der Waals surface area contributed by atoms with Gasteiger partial charge >= 0.3 is 5.97 Å². The summed E-state index contributed by atoms with van der Waals surface area (Å²) < 4.78 is 7.71. The number of carbonyl (C=O) groups excluding carboxylic acids is 1. The Kier molecular flexibility index (Phi) is 9.03. The first-order chi connectivity index (χ1) is 21.5. The van der Waals surface area contributed by atoms with Crippen LogP contribution in [0.5, 0.6) is 0 Å². The van der Waals surface area contributed by atoms with Crippen LogP contribution in [0.1, 0.15) is 52.3 Å². The molecule has 1 fully saturated rings. The summed E-state index contributed by atoms with van der Waals surface area (Å²) >= 11 is 0. The van der Waals surface area contributed by atoms with Gasteiger partial charge in [0.2, 0.25) is 0 Å². The third-order valence-corrected chi connectivity index (χ3v) is 8.04. The van der Waals surface area contributed by atoms with Crippen molar-refractivity contribution in [2.24, 2.45) is 0 Å². The van der Waals surface area contributed by atoms with Crippen LogP contribution in [-0.2, 0) is 22.7 Å². The summed E-state index contributed by atoms with van der Waals surface area (Å²) in [6.45, 7) is 8.19. The van der Waals surface area contributed by atoms with Crippen molar-refractivity contribution in [1.82, 2.24) is 24.4 Å². The van der Waals surface area contributed by atoms with Crippen molar-refractivity contribution in [3.8, 4) is 0 Å². The maximum atomic E-state index is 12.6. The lowest BCUT2D eigenvalue weighted by molar-refractivity contribution is -0.138. The molecule has 222 valence electrons. The molecule has 1 aliphatic heterocycles. The third-order valence-electron chi connectivity index (χ3n) is 8.04. The largest absolute Gasteiger partial charge is 0.458 e. The molecule has 0 N–H and O–H groups in total. The SMILES string of the molecule is Cc1ccc(/C(=C\CN2CCCC2)c2cccc(/C=C/C(=O)OCc3ccc(Cn4c(C)nc5cnccc54)cc3)n2)cc1. The van der Waals surface area contributed by atoms with Crippen LogP contribution in [0.2, 0.25) is 0 Å². The molecule has 0 spiro atoms. The lowest BCUT2D eigenvalue weighted by Gasteiger charge is -2.14. The van der Waals surface area contributed by atoms with Gasteiger partial charge in [-0.2, -0.15) is 0 Å². The summed E-state index contributed by atoms with van der Waals surface area (Å²) in [6.07, 6.45) is 11.5. The molecular weight excluding hydrogens is 546 g/mol. The second-order valence-electron chi connectivity index (χ2n) is 11.3. The molecule has 1 aliphatic rings. The number of hydrogen-bond donors (Lipinski definition) is 0. The highest BCUT2D eigenvalue weighted by atomic mass is 16.5. The molecule has 0 bridgehead atoms. The van der Waals surface area contributed by atoms with Gasteiger partial charge in [0.1, 0.15) is 17.9 Å². The maximum Gasteiger partial charge on any atom is 0.331 e. The Morgan fingerprint density at radius 1 is 0.909 bits per heavy atom. The molecule has 7 heteroatoms. The molecule has 0 aliphatic carbocycles. The molecule has 4 heterocycles. The molecule has 0 atom stereocenters. The van der Waals surface area contributed by atoms with E-state index in [1.807, 2.05) is 43.3 Å². The number of likely N-dealkylation sites (tertiary alicyclic amines) is 1. The molecule has 0 amide bonds. The molecule has 0 unspecified atom stereocenters. The predicted molar refractivity (Wildman–Crippen MR) is 175 cm³/mol. The zero-order valence-electron chi connectivity index (χ0n) is 25.3. The van der Waals surface area contributed by atoms with Crippen LogP contribution < -0.4 is 0 Å². The fourth-order valence-corrected chi connectivity index (χ4v) is 5.56. The fourth-order valence-electron chi connectivity index (χ4n) is 5.56. The lowest BCUT2D eigenvalue weighted by Crippen LogP contribution is -2.19. The van der Waals surface area contributed by atoms with E-state index in [2.05, 4.69) is 68.8 Å². The van der Waals surface area contributed by atoms with Gasteiger partial charge in [0, 0.05) is 30.9 Å². The number of benzene rings is 2. The molecule has 44 heavy (non-hydrogen) atoms. The Morgan fingerprint density at radius 2 is 1.68 bits per heavy atom. The molecule has 1 saturated heterocycles. The fraction of sp³-hybridized carbons (Fsp3) is 0.243. The van der Waals surface area contributed by atoms with Crippen molar-refractivity contribution in [3.05, 3.63) is 137 Å². The van der Waals surface area contributed by atoms with Crippen LogP contribution in [0.15, 0.2) is 97.3 Å². The molecular formula is C37H37N5O2. The van der Waals surface area contributed by atoms with E-state index < -0.39 is 5.97 Å². The minimum absolute atomic E-state index is 0.201. The van der Waals surface area contributed by atoms with Crippen molar-refractivity contribution in [2.45, 2.75) is 39.8 Å². The zero-order valence-corrected chi connectivity index (χ0v) is 25.3. The number of carbonyl (C=O) groups is 1. The van der Waals surface area contributed by atoms with E-state index in [0.29, 0.717) is 12.2 Å². The highest BCUT2D eigenvalue weighted by Crippen LogP contribution is 2.24. The Bertz CT molecular complexity index is 1800. The van der Waals surface area contributed by atoms with Crippen LogP contribution in [0.25, 0.3) is 22.7 Å². The Labute approximate surface area is 258 Å². The third kappa shape index (κ3) is 7.18. The second kappa shape index (κ2) is 13.6. The van der Waals surface area contributed by atoms with Crippen molar-refractivity contribution in [3.63, 3.8) is 0 Å². The van der Waals surface area contributed by atoms with E-state index in [1.54, 1.807) is 18.5 Å². The number of rotatable bonds is 10. The van der Waals surface area contributed by atoms with Gasteiger partial charge in [0.25, 0.3) is 0 Å². The van der Waals surface area contributed by atoms with Gasteiger partial charge in [-0.25, -0.2) is 14.8 Å².